The van der Waals surface area contributed by atoms with Gasteiger partial charge in [0.15, 0.2) is 5.96 Å². The first-order chi connectivity index (χ1) is 13.7. The van der Waals surface area contributed by atoms with E-state index < -0.39 is 10.0 Å². The Morgan fingerprint density at radius 2 is 1.69 bits per heavy atom. The first-order valence-corrected chi connectivity index (χ1v) is 12.4. The summed E-state index contributed by atoms with van der Waals surface area (Å²) in [6, 6.07) is 7.99. The Kier molecular flexibility index (Phi) is 8.96. The van der Waals surface area contributed by atoms with Crippen LogP contribution in [0.5, 0.6) is 0 Å². The van der Waals surface area contributed by atoms with Gasteiger partial charge in [-0.15, -0.1) is 0 Å². The summed E-state index contributed by atoms with van der Waals surface area (Å²) in [4.78, 5) is 4.36. The Bertz CT molecular complexity index is 767. The normalized spacial score (nSPS) is 20.9. The molecule has 3 N–H and O–H groups in total. The lowest BCUT2D eigenvalue weighted by molar-refractivity contribution is 0.250. The van der Waals surface area contributed by atoms with Gasteiger partial charge in [-0.2, -0.15) is 0 Å². The monoisotopic (exact) mass is 422 g/mol. The molecule has 1 aromatic carbocycles. The molecule has 0 radical (unpaired) electrons. The molecule has 6 nitrogen and oxygen atoms in total. The van der Waals surface area contributed by atoms with Crippen molar-refractivity contribution in [2.75, 3.05) is 7.05 Å². The maximum atomic E-state index is 12.3. The summed E-state index contributed by atoms with van der Waals surface area (Å²) in [7, 11) is -1.58. The summed E-state index contributed by atoms with van der Waals surface area (Å²) < 4.78 is 27.3. The lowest BCUT2D eigenvalue weighted by atomic mass is 9.80. The topological polar surface area (TPSA) is 82.6 Å². The smallest absolute Gasteiger partial charge is 0.216 e. The van der Waals surface area contributed by atoms with E-state index in [9.17, 15) is 8.42 Å². The average Bonchev–Trinajstić information content (AvgIpc) is 2.65. The number of benzene rings is 1. The minimum Gasteiger partial charge on any atom is -0.354 e. The lowest BCUT2D eigenvalue weighted by Gasteiger charge is -2.32. The highest BCUT2D eigenvalue weighted by Gasteiger charge is 2.23. The molecule has 29 heavy (non-hydrogen) atoms. The van der Waals surface area contributed by atoms with Gasteiger partial charge in [-0.1, -0.05) is 38.1 Å². The summed E-state index contributed by atoms with van der Waals surface area (Å²) >= 11 is 0. The maximum Gasteiger partial charge on any atom is 0.216 e. The van der Waals surface area contributed by atoms with Gasteiger partial charge in [0, 0.05) is 25.7 Å². The van der Waals surface area contributed by atoms with Crippen LogP contribution in [0.25, 0.3) is 0 Å². The first-order valence-electron chi connectivity index (χ1n) is 10.7. The number of rotatable bonds is 8. The van der Waals surface area contributed by atoms with Crippen LogP contribution in [0, 0.1) is 11.8 Å². The molecule has 0 spiro atoms. The minimum atomic E-state index is -3.36. The van der Waals surface area contributed by atoms with Crippen LogP contribution in [0.15, 0.2) is 29.3 Å². The zero-order valence-corrected chi connectivity index (χ0v) is 19.3. The summed E-state index contributed by atoms with van der Waals surface area (Å²) in [5.41, 5.74) is 1.77. The zero-order chi connectivity index (χ0) is 21.4. The molecule has 164 valence electrons. The highest BCUT2D eigenvalue weighted by atomic mass is 32.2. The Hall–Kier alpha value is -1.60. The van der Waals surface area contributed by atoms with Crippen molar-refractivity contribution in [2.45, 2.75) is 77.8 Å². The van der Waals surface area contributed by atoms with Gasteiger partial charge in [-0.25, -0.2) is 13.1 Å². The summed E-state index contributed by atoms with van der Waals surface area (Å²) in [6.07, 6.45) is 4.85. The molecule has 0 atom stereocenters. The van der Waals surface area contributed by atoms with E-state index >= 15 is 0 Å². The standard InChI is InChI=1S/C22H38N4O2S/c1-16(2)18-10-12-21(13-11-18)25-22(23-5)24-14-19-8-6-7-9-20(19)15-29(27,28)26-17(3)4/h6-9,16-18,21,26H,10-15H2,1-5H3,(H2,23,24,25). The predicted molar refractivity (Wildman–Crippen MR) is 121 cm³/mol. The molecule has 0 aromatic heterocycles. The number of aliphatic imine (C=N–C) groups is 1. The van der Waals surface area contributed by atoms with Crippen molar-refractivity contribution in [3.8, 4) is 0 Å². The second kappa shape index (κ2) is 11.0. The first kappa shape index (κ1) is 23.7. The van der Waals surface area contributed by atoms with E-state index in [0.717, 1.165) is 28.9 Å². The third-order valence-corrected chi connectivity index (χ3v) is 7.13. The number of nitrogens with zero attached hydrogens (tertiary/aromatic N) is 1. The fourth-order valence-corrected chi connectivity index (χ4v) is 5.47. The van der Waals surface area contributed by atoms with E-state index in [4.69, 9.17) is 0 Å². The molecule has 0 amide bonds. The molecule has 0 saturated heterocycles. The van der Waals surface area contributed by atoms with Crippen LogP contribution < -0.4 is 15.4 Å². The Morgan fingerprint density at radius 1 is 1.07 bits per heavy atom. The lowest BCUT2D eigenvalue weighted by Crippen LogP contribution is -2.44. The van der Waals surface area contributed by atoms with E-state index in [2.05, 4.69) is 34.2 Å². The van der Waals surface area contributed by atoms with Crippen molar-refractivity contribution >= 4 is 16.0 Å². The highest BCUT2D eigenvalue weighted by molar-refractivity contribution is 7.88. The molecule has 1 saturated carbocycles. The molecule has 1 aromatic rings. The van der Waals surface area contributed by atoms with Crippen LogP contribution in [0.1, 0.15) is 64.5 Å². The summed E-state index contributed by atoms with van der Waals surface area (Å²) in [5.74, 6) is 2.34. The molecule has 1 fully saturated rings. The van der Waals surface area contributed by atoms with Gasteiger partial charge in [0.25, 0.3) is 0 Å². The fraction of sp³-hybridized carbons (Fsp3) is 0.682. The summed E-state index contributed by atoms with van der Waals surface area (Å²) in [6.45, 7) is 8.82. The molecular formula is C22H38N4O2S. The largest absolute Gasteiger partial charge is 0.354 e. The third-order valence-electron chi connectivity index (χ3n) is 5.60. The Balaban J connectivity index is 1.93. The molecule has 0 aliphatic heterocycles. The van der Waals surface area contributed by atoms with Crippen molar-refractivity contribution in [3.63, 3.8) is 0 Å². The molecule has 0 bridgehead atoms. The van der Waals surface area contributed by atoms with Gasteiger partial charge >= 0.3 is 0 Å². The molecule has 0 heterocycles. The highest BCUT2D eigenvalue weighted by Crippen LogP contribution is 2.29. The van der Waals surface area contributed by atoms with Crippen molar-refractivity contribution in [2.24, 2.45) is 16.8 Å². The number of hydrogen-bond donors (Lipinski definition) is 3. The van der Waals surface area contributed by atoms with Crippen molar-refractivity contribution in [3.05, 3.63) is 35.4 Å². The minimum absolute atomic E-state index is 0.0196. The van der Waals surface area contributed by atoms with Crippen LogP contribution >= 0.6 is 0 Å². The number of sulfonamides is 1. The van der Waals surface area contributed by atoms with Gasteiger partial charge in [0.05, 0.1) is 5.75 Å². The Labute approximate surface area is 177 Å². The number of nitrogens with one attached hydrogen (secondary N) is 3. The van der Waals surface area contributed by atoms with E-state index in [-0.39, 0.29) is 11.8 Å². The van der Waals surface area contributed by atoms with E-state index in [0.29, 0.717) is 12.6 Å². The average molecular weight is 423 g/mol. The SMILES string of the molecule is CN=C(NCc1ccccc1CS(=O)(=O)NC(C)C)NC1CCC(C(C)C)CC1. The second-order valence-electron chi connectivity index (χ2n) is 8.73. The maximum absolute atomic E-state index is 12.3. The van der Waals surface area contributed by atoms with Crippen molar-refractivity contribution in [1.82, 2.24) is 15.4 Å². The van der Waals surface area contributed by atoms with Crippen molar-refractivity contribution < 1.29 is 8.42 Å². The van der Waals surface area contributed by atoms with Crippen LogP contribution in [0.4, 0.5) is 0 Å². The summed E-state index contributed by atoms with van der Waals surface area (Å²) in [5, 5.41) is 6.90. The number of guanidine groups is 1. The van der Waals surface area contributed by atoms with Crippen LogP contribution in [-0.4, -0.2) is 33.5 Å². The van der Waals surface area contributed by atoms with Gasteiger partial charge in [0.1, 0.15) is 0 Å². The van der Waals surface area contributed by atoms with Gasteiger partial charge in [-0.05, 0) is 62.5 Å². The zero-order valence-electron chi connectivity index (χ0n) is 18.5. The van der Waals surface area contributed by atoms with Crippen LogP contribution in [0.2, 0.25) is 0 Å². The van der Waals surface area contributed by atoms with Gasteiger partial charge in [-0.3, -0.25) is 4.99 Å². The van der Waals surface area contributed by atoms with Gasteiger partial charge < -0.3 is 10.6 Å². The van der Waals surface area contributed by atoms with E-state index in [1.807, 2.05) is 38.1 Å². The third kappa shape index (κ3) is 7.97. The van der Waals surface area contributed by atoms with Gasteiger partial charge in [0.2, 0.25) is 10.0 Å². The fourth-order valence-electron chi connectivity index (χ4n) is 3.97. The van der Waals surface area contributed by atoms with E-state index in [1.165, 1.54) is 25.7 Å². The predicted octanol–water partition coefficient (Wildman–Crippen LogP) is 3.39. The second-order valence-corrected chi connectivity index (χ2v) is 10.5. The molecule has 7 heteroatoms. The Morgan fingerprint density at radius 3 is 2.24 bits per heavy atom. The molecule has 2 rings (SSSR count). The number of hydrogen-bond acceptors (Lipinski definition) is 3. The van der Waals surface area contributed by atoms with Crippen molar-refractivity contribution in [1.29, 1.82) is 0 Å². The van der Waals surface area contributed by atoms with Crippen LogP contribution in [-0.2, 0) is 22.3 Å². The van der Waals surface area contributed by atoms with E-state index in [1.54, 1.807) is 7.05 Å². The van der Waals surface area contributed by atoms with Crippen LogP contribution in [0.3, 0.4) is 0 Å². The molecule has 1 aliphatic rings. The quantitative estimate of drug-likeness (QED) is 0.443. The molecule has 0 unspecified atom stereocenters. The molecular weight excluding hydrogens is 384 g/mol. The molecule has 1 aliphatic carbocycles.